The lowest BCUT2D eigenvalue weighted by Crippen LogP contribution is -2.55. The molecule has 0 radical (unpaired) electrons. The number of carbonyl (C=O) groups is 1. The number of esters is 1. The van der Waals surface area contributed by atoms with Crippen LogP contribution in [0.4, 0.5) is 8.78 Å². The van der Waals surface area contributed by atoms with Crippen molar-refractivity contribution in [2.24, 2.45) is 17.3 Å². The van der Waals surface area contributed by atoms with E-state index in [0.717, 1.165) is 19.3 Å². The molecule has 148 valence electrons. The van der Waals surface area contributed by atoms with Gasteiger partial charge in [0.15, 0.2) is 0 Å². The maximum absolute atomic E-state index is 12.6. The van der Waals surface area contributed by atoms with Crippen molar-refractivity contribution in [1.29, 1.82) is 0 Å². The molecule has 4 bridgehead atoms. The van der Waals surface area contributed by atoms with E-state index in [0.29, 0.717) is 11.8 Å². The van der Waals surface area contributed by atoms with Crippen LogP contribution in [0.5, 0.6) is 0 Å². The van der Waals surface area contributed by atoms with E-state index in [1.54, 1.807) is 0 Å². The van der Waals surface area contributed by atoms with Crippen LogP contribution >= 0.6 is 0 Å². The van der Waals surface area contributed by atoms with Gasteiger partial charge in [-0.25, -0.2) is 4.79 Å². The predicted octanol–water partition coefficient (Wildman–Crippen LogP) is 5.63. The number of hydrogen-bond acceptors (Lipinski definition) is 2. The highest BCUT2D eigenvalue weighted by Crippen LogP contribution is 2.65. The van der Waals surface area contributed by atoms with Crippen molar-refractivity contribution in [2.45, 2.75) is 76.6 Å². The van der Waals surface area contributed by atoms with Crippen molar-refractivity contribution < 1.29 is 18.3 Å². The van der Waals surface area contributed by atoms with Crippen LogP contribution in [0.15, 0.2) is 24.3 Å². The number of alkyl halides is 2. The molecule has 0 N–H and O–H groups in total. The Bertz CT molecular complexity index is 703. The van der Waals surface area contributed by atoms with E-state index in [-0.39, 0.29) is 22.9 Å². The Labute approximate surface area is 160 Å². The van der Waals surface area contributed by atoms with Gasteiger partial charge in [0.25, 0.3) is 0 Å². The summed E-state index contributed by atoms with van der Waals surface area (Å²) in [5.74, 6) is -0.119. The van der Waals surface area contributed by atoms with Crippen molar-refractivity contribution in [1.82, 2.24) is 0 Å². The predicted molar refractivity (Wildman–Crippen MR) is 101 cm³/mol. The topological polar surface area (TPSA) is 26.3 Å². The molecule has 4 fully saturated rings. The third-order valence-corrected chi connectivity index (χ3v) is 7.24. The van der Waals surface area contributed by atoms with Gasteiger partial charge in [0.1, 0.15) is 0 Å². The van der Waals surface area contributed by atoms with Crippen LogP contribution in [0.2, 0.25) is 0 Å². The Morgan fingerprint density at radius 3 is 2.22 bits per heavy atom. The second kappa shape index (κ2) is 6.28. The number of benzene rings is 1. The van der Waals surface area contributed by atoms with E-state index in [1.807, 2.05) is 0 Å². The maximum atomic E-state index is 12.6. The third kappa shape index (κ3) is 3.40. The summed E-state index contributed by atoms with van der Waals surface area (Å²) < 4.78 is 30.2. The van der Waals surface area contributed by atoms with E-state index >= 15 is 0 Å². The van der Waals surface area contributed by atoms with E-state index in [9.17, 15) is 13.6 Å². The van der Waals surface area contributed by atoms with E-state index < -0.39 is 12.4 Å². The molecule has 0 saturated heterocycles. The molecule has 4 aliphatic carbocycles. The van der Waals surface area contributed by atoms with Gasteiger partial charge < -0.3 is 4.74 Å². The summed E-state index contributed by atoms with van der Waals surface area (Å²) in [6, 6.07) is 9.06. The van der Waals surface area contributed by atoms with Crippen LogP contribution in [0.1, 0.15) is 70.4 Å². The molecule has 27 heavy (non-hydrogen) atoms. The van der Waals surface area contributed by atoms with Crippen LogP contribution in [-0.4, -0.2) is 19.0 Å². The average Bonchev–Trinajstić information content (AvgIpc) is 2.58. The van der Waals surface area contributed by atoms with Crippen LogP contribution in [0.25, 0.3) is 0 Å². The summed E-state index contributed by atoms with van der Waals surface area (Å²) >= 11 is 0. The highest BCUT2D eigenvalue weighted by atomic mass is 19.3. The number of halogens is 2. The maximum Gasteiger partial charge on any atom is 0.373 e. The molecule has 1 aromatic carbocycles. The normalized spacial score (nSPS) is 34.9. The zero-order valence-electron chi connectivity index (χ0n) is 16.6. The van der Waals surface area contributed by atoms with E-state index in [1.165, 1.54) is 30.4 Å². The lowest BCUT2D eigenvalue weighted by atomic mass is 9.43. The first kappa shape index (κ1) is 18.9. The summed E-state index contributed by atoms with van der Waals surface area (Å²) in [6.45, 7) is 6.82. The molecule has 0 aliphatic heterocycles. The van der Waals surface area contributed by atoms with Gasteiger partial charge in [0.05, 0.1) is 6.61 Å². The third-order valence-electron chi connectivity index (χ3n) is 7.24. The summed E-state index contributed by atoms with van der Waals surface area (Å²) in [6.07, 6.45) is 3.57. The molecular formula is C23H30F2O2. The van der Waals surface area contributed by atoms with Gasteiger partial charge in [-0.05, 0) is 72.3 Å². The van der Waals surface area contributed by atoms with Gasteiger partial charge >= 0.3 is 12.4 Å². The molecule has 0 amide bonds. The van der Waals surface area contributed by atoms with E-state index in [2.05, 4.69) is 45.0 Å². The summed E-state index contributed by atoms with van der Waals surface area (Å²) in [7, 11) is 0. The minimum Gasteiger partial charge on any atom is -0.461 e. The Morgan fingerprint density at radius 1 is 1.11 bits per heavy atom. The highest BCUT2D eigenvalue weighted by molar-refractivity contribution is 5.72. The Kier molecular flexibility index (Phi) is 4.40. The quantitative estimate of drug-likeness (QED) is 0.637. The van der Waals surface area contributed by atoms with E-state index in [4.69, 9.17) is 4.74 Å². The molecule has 4 heteroatoms. The molecule has 1 aromatic rings. The zero-order valence-corrected chi connectivity index (χ0v) is 16.6. The molecule has 0 heterocycles. The first-order valence-electron chi connectivity index (χ1n) is 10.2. The largest absolute Gasteiger partial charge is 0.461 e. The molecule has 2 atom stereocenters. The average molecular weight is 376 g/mol. The first-order chi connectivity index (χ1) is 12.6. The molecule has 0 spiro atoms. The molecule has 4 aliphatic rings. The molecular weight excluding hydrogens is 346 g/mol. The van der Waals surface area contributed by atoms with Gasteiger partial charge in [-0.15, -0.1) is 0 Å². The van der Waals surface area contributed by atoms with Crippen LogP contribution < -0.4 is 0 Å². The van der Waals surface area contributed by atoms with Gasteiger partial charge in [-0.2, -0.15) is 8.78 Å². The molecule has 2 unspecified atom stereocenters. The molecule has 2 nitrogen and oxygen atoms in total. The second-order valence-electron chi connectivity index (χ2n) is 10.5. The number of rotatable bonds is 4. The van der Waals surface area contributed by atoms with Crippen molar-refractivity contribution in [3.8, 4) is 0 Å². The highest BCUT2D eigenvalue weighted by Gasteiger charge is 2.58. The van der Waals surface area contributed by atoms with Crippen molar-refractivity contribution in [2.75, 3.05) is 6.61 Å². The minimum atomic E-state index is -3.03. The number of hydrogen-bond donors (Lipinski definition) is 0. The summed E-state index contributed by atoms with van der Waals surface area (Å²) in [5, 5.41) is 0. The molecule has 0 aromatic heterocycles. The van der Waals surface area contributed by atoms with Gasteiger partial charge in [-0.1, -0.05) is 45.0 Å². The number of ether oxygens (including phenoxy) is 1. The summed E-state index contributed by atoms with van der Waals surface area (Å²) in [5.41, 5.74) is 2.85. The monoisotopic (exact) mass is 376 g/mol. The first-order valence-corrected chi connectivity index (χ1v) is 10.2. The Balaban J connectivity index is 1.59. The number of carbonyl (C=O) groups excluding carboxylic acids is 1. The SMILES string of the molecule is CC(C)(C)c1ccc(C23CC4CC(CC(COC(=O)C(F)F)(C4)C2)C3)cc1. The minimum absolute atomic E-state index is 0.114. The van der Waals surface area contributed by atoms with Gasteiger partial charge in [-0.3, -0.25) is 0 Å². The fourth-order valence-corrected chi connectivity index (χ4v) is 6.57. The van der Waals surface area contributed by atoms with Crippen molar-refractivity contribution >= 4 is 5.97 Å². The van der Waals surface area contributed by atoms with Crippen molar-refractivity contribution in [3.63, 3.8) is 0 Å². The second-order valence-corrected chi connectivity index (χ2v) is 10.5. The Morgan fingerprint density at radius 2 is 1.70 bits per heavy atom. The lowest BCUT2D eigenvalue weighted by Gasteiger charge is -2.62. The fraction of sp³-hybridized carbons (Fsp3) is 0.696. The zero-order chi connectivity index (χ0) is 19.4. The smallest absolute Gasteiger partial charge is 0.373 e. The molecule has 4 saturated carbocycles. The van der Waals surface area contributed by atoms with Crippen molar-refractivity contribution in [3.05, 3.63) is 35.4 Å². The lowest BCUT2D eigenvalue weighted by molar-refractivity contribution is -0.168. The van der Waals surface area contributed by atoms with Gasteiger partial charge in [0, 0.05) is 5.41 Å². The van der Waals surface area contributed by atoms with Crippen LogP contribution in [0, 0.1) is 17.3 Å². The standard InChI is InChI=1S/C23H30F2O2/c1-21(2,3)17-4-6-18(7-5-17)23-11-15-8-16(12-23)10-22(9-15,13-23)14-27-20(26)19(24)25/h4-7,15-16,19H,8-14H2,1-3H3. The fourth-order valence-electron chi connectivity index (χ4n) is 6.57. The molecule has 5 rings (SSSR count). The van der Waals surface area contributed by atoms with Crippen LogP contribution in [-0.2, 0) is 20.4 Å². The van der Waals surface area contributed by atoms with Crippen LogP contribution in [0.3, 0.4) is 0 Å². The summed E-state index contributed by atoms with van der Waals surface area (Å²) in [4.78, 5) is 11.3. The van der Waals surface area contributed by atoms with Gasteiger partial charge in [0.2, 0.25) is 0 Å². The Hall–Kier alpha value is -1.45.